The molecule has 5 heteroatoms. The molecular formula is C42H26N4S. The lowest BCUT2D eigenvalue weighted by molar-refractivity contribution is 1.07. The minimum atomic E-state index is 0.626. The summed E-state index contributed by atoms with van der Waals surface area (Å²) in [6.07, 6.45) is 0. The van der Waals surface area contributed by atoms with Crippen LogP contribution < -0.4 is 0 Å². The number of aromatic nitrogens is 4. The van der Waals surface area contributed by atoms with Gasteiger partial charge >= 0.3 is 0 Å². The van der Waals surface area contributed by atoms with E-state index >= 15 is 0 Å². The predicted octanol–water partition coefficient (Wildman–Crippen LogP) is 11.1. The minimum absolute atomic E-state index is 0.626. The summed E-state index contributed by atoms with van der Waals surface area (Å²) in [5.74, 6) is 1.91. The van der Waals surface area contributed by atoms with Crippen molar-refractivity contribution in [1.82, 2.24) is 19.9 Å². The van der Waals surface area contributed by atoms with Gasteiger partial charge in [0.05, 0.1) is 10.2 Å². The summed E-state index contributed by atoms with van der Waals surface area (Å²) in [6, 6.07) is 54.6. The van der Waals surface area contributed by atoms with E-state index in [0.29, 0.717) is 17.5 Å². The zero-order valence-corrected chi connectivity index (χ0v) is 26.0. The fourth-order valence-electron chi connectivity index (χ4n) is 6.28. The van der Waals surface area contributed by atoms with Crippen LogP contribution in [0.2, 0.25) is 0 Å². The first-order chi connectivity index (χ1) is 23.3. The summed E-state index contributed by atoms with van der Waals surface area (Å²) < 4.78 is 1.08. The van der Waals surface area contributed by atoms with Crippen LogP contribution in [0.15, 0.2) is 158 Å². The zero-order valence-electron chi connectivity index (χ0n) is 25.2. The van der Waals surface area contributed by atoms with Gasteiger partial charge < -0.3 is 0 Å². The highest BCUT2D eigenvalue weighted by Gasteiger charge is 2.19. The second kappa shape index (κ2) is 11.4. The molecule has 0 spiro atoms. The largest absolute Gasteiger partial charge is 0.235 e. The molecule has 0 N–H and O–H groups in total. The average molecular weight is 619 g/mol. The van der Waals surface area contributed by atoms with Crippen LogP contribution >= 0.6 is 11.3 Å². The summed E-state index contributed by atoms with van der Waals surface area (Å²) in [7, 11) is 0. The van der Waals surface area contributed by atoms with Gasteiger partial charge in [0.2, 0.25) is 0 Å². The van der Waals surface area contributed by atoms with Crippen LogP contribution in [0.3, 0.4) is 0 Å². The highest BCUT2D eigenvalue weighted by Crippen LogP contribution is 2.43. The van der Waals surface area contributed by atoms with E-state index in [9.17, 15) is 0 Å². The third-order valence-electron chi connectivity index (χ3n) is 8.53. The van der Waals surface area contributed by atoms with Crippen LogP contribution in [0.4, 0.5) is 0 Å². The summed E-state index contributed by atoms with van der Waals surface area (Å²) in [5, 5.41) is 5.81. The molecule has 0 fully saturated rings. The second-order valence-electron chi connectivity index (χ2n) is 11.5. The predicted molar refractivity (Wildman–Crippen MR) is 195 cm³/mol. The molecule has 7 aromatic carbocycles. The highest BCUT2D eigenvalue weighted by molar-refractivity contribution is 7.21. The van der Waals surface area contributed by atoms with Crippen molar-refractivity contribution in [3.8, 4) is 55.9 Å². The summed E-state index contributed by atoms with van der Waals surface area (Å²) in [5.41, 5.74) is 7.07. The fraction of sp³-hybridized carbons (Fsp3) is 0. The topological polar surface area (TPSA) is 51.6 Å². The van der Waals surface area contributed by atoms with E-state index in [4.69, 9.17) is 19.9 Å². The van der Waals surface area contributed by atoms with Crippen LogP contribution in [-0.4, -0.2) is 19.9 Å². The maximum Gasteiger partial charge on any atom is 0.164 e. The number of thiazole rings is 1. The molecule has 0 unspecified atom stereocenters. The Kier molecular flexibility index (Phi) is 6.61. The Hall–Kier alpha value is -6.04. The average Bonchev–Trinajstić information content (AvgIpc) is 3.60. The molecule has 0 atom stereocenters. The van der Waals surface area contributed by atoms with E-state index in [2.05, 4.69) is 91.0 Å². The SMILES string of the molecule is c1ccc(-c2nc(-c3ccccc3)nc(-c3cc(-c4cc5ccccc5c5ccccc45)c4nc(-c5ccccc5)sc4c3)n2)cc1. The summed E-state index contributed by atoms with van der Waals surface area (Å²) in [6.45, 7) is 0. The molecule has 4 nitrogen and oxygen atoms in total. The standard InChI is InChI=1S/C42H26N4S/c1-4-14-27(15-5-1)39-44-40(28-16-6-2-7-17-28)46-41(45-39)31-25-36(38-37(26-31)47-42(43-38)29-18-8-3-9-19-29)35-24-30-20-10-11-21-32(30)33-22-12-13-23-34(33)35/h1-26H. The highest BCUT2D eigenvalue weighted by atomic mass is 32.1. The summed E-state index contributed by atoms with van der Waals surface area (Å²) >= 11 is 1.70. The number of rotatable bonds is 5. The Morgan fingerprint density at radius 3 is 1.51 bits per heavy atom. The van der Waals surface area contributed by atoms with Crippen molar-refractivity contribution < 1.29 is 0 Å². The number of nitrogens with zero attached hydrogens (tertiary/aromatic N) is 4. The van der Waals surface area contributed by atoms with Gasteiger partial charge in [0, 0.05) is 27.8 Å². The third kappa shape index (κ3) is 4.94. The van der Waals surface area contributed by atoms with Crippen LogP contribution in [-0.2, 0) is 0 Å². The number of benzene rings is 7. The maximum absolute atomic E-state index is 5.28. The molecule has 0 saturated heterocycles. The monoisotopic (exact) mass is 618 g/mol. The molecule has 9 aromatic rings. The first-order valence-electron chi connectivity index (χ1n) is 15.6. The zero-order chi connectivity index (χ0) is 31.2. The quantitative estimate of drug-likeness (QED) is 0.180. The van der Waals surface area contributed by atoms with Gasteiger partial charge in [0.25, 0.3) is 0 Å². The molecule has 0 aliphatic rings. The minimum Gasteiger partial charge on any atom is -0.235 e. The smallest absolute Gasteiger partial charge is 0.164 e. The van der Waals surface area contributed by atoms with Crippen molar-refractivity contribution in [2.24, 2.45) is 0 Å². The first kappa shape index (κ1) is 27.3. The molecule has 47 heavy (non-hydrogen) atoms. The molecule has 0 aliphatic heterocycles. The number of hydrogen-bond acceptors (Lipinski definition) is 5. The van der Waals surface area contributed by atoms with Gasteiger partial charge in [-0.3, -0.25) is 0 Å². The first-order valence-corrected chi connectivity index (χ1v) is 16.4. The normalized spacial score (nSPS) is 11.4. The molecule has 0 bridgehead atoms. The molecule has 0 amide bonds. The van der Waals surface area contributed by atoms with Crippen molar-refractivity contribution in [1.29, 1.82) is 0 Å². The van der Waals surface area contributed by atoms with Gasteiger partial charge in [0.15, 0.2) is 17.5 Å². The van der Waals surface area contributed by atoms with Gasteiger partial charge in [0.1, 0.15) is 5.01 Å². The van der Waals surface area contributed by atoms with Gasteiger partial charge in [-0.25, -0.2) is 19.9 Å². The lowest BCUT2D eigenvalue weighted by atomic mass is 9.92. The van der Waals surface area contributed by atoms with Crippen molar-refractivity contribution in [3.63, 3.8) is 0 Å². The molecular weight excluding hydrogens is 593 g/mol. The number of fused-ring (bicyclic) bond motifs is 4. The van der Waals surface area contributed by atoms with Crippen molar-refractivity contribution in [2.75, 3.05) is 0 Å². The van der Waals surface area contributed by atoms with E-state index in [-0.39, 0.29) is 0 Å². The molecule has 9 rings (SSSR count). The van der Waals surface area contributed by atoms with Crippen molar-refractivity contribution >= 4 is 43.1 Å². The van der Waals surface area contributed by atoms with Crippen LogP contribution in [0, 0.1) is 0 Å². The van der Waals surface area contributed by atoms with E-state index in [0.717, 1.165) is 48.6 Å². The summed E-state index contributed by atoms with van der Waals surface area (Å²) in [4.78, 5) is 20.4. The van der Waals surface area contributed by atoms with E-state index < -0.39 is 0 Å². The van der Waals surface area contributed by atoms with E-state index in [1.54, 1.807) is 11.3 Å². The fourth-order valence-corrected chi connectivity index (χ4v) is 7.32. The number of hydrogen-bond donors (Lipinski definition) is 0. The van der Waals surface area contributed by atoms with Gasteiger partial charge in [-0.15, -0.1) is 11.3 Å². The molecule has 0 saturated carbocycles. The third-order valence-corrected chi connectivity index (χ3v) is 9.58. The lowest BCUT2D eigenvalue weighted by Crippen LogP contribution is -2.00. The van der Waals surface area contributed by atoms with Gasteiger partial charge in [-0.05, 0) is 45.3 Å². The molecule has 2 aromatic heterocycles. The molecule has 0 radical (unpaired) electrons. The Balaban J connectivity index is 1.35. The second-order valence-corrected chi connectivity index (χ2v) is 12.5. The van der Waals surface area contributed by atoms with E-state index in [1.807, 2.05) is 66.7 Å². The Morgan fingerprint density at radius 1 is 0.362 bits per heavy atom. The van der Waals surface area contributed by atoms with Crippen LogP contribution in [0.1, 0.15) is 0 Å². The van der Waals surface area contributed by atoms with Crippen molar-refractivity contribution in [2.45, 2.75) is 0 Å². The van der Waals surface area contributed by atoms with E-state index in [1.165, 1.54) is 21.5 Å². The van der Waals surface area contributed by atoms with Gasteiger partial charge in [-0.1, -0.05) is 140 Å². The molecule has 0 aliphatic carbocycles. The molecule has 2 heterocycles. The van der Waals surface area contributed by atoms with Crippen molar-refractivity contribution in [3.05, 3.63) is 158 Å². The lowest BCUT2D eigenvalue weighted by Gasteiger charge is -2.13. The maximum atomic E-state index is 5.28. The molecule has 220 valence electrons. The van der Waals surface area contributed by atoms with Crippen LogP contribution in [0.25, 0.3) is 87.6 Å². The van der Waals surface area contributed by atoms with Crippen LogP contribution in [0.5, 0.6) is 0 Å². The van der Waals surface area contributed by atoms with Gasteiger partial charge in [-0.2, -0.15) is 0 Å². The Bertz CT molecular complexity index is 2500. The Labute approximate surface area is 275 Å². The Morgan fingerprint density at radius 2 is 0.872 bits per heavy atom.